The van der Waals surface area contributed by atoms with E-state index in [9.17, 15) is 14.4 Å². The van der Waals surface area contributed by atoms with Gasteiger partial charge in [-0.1, -0.05) is 6.07 Å². The fraction of sp³-hybridized carbons (Fsp3) is 0.654. The van der Waals surface area contributed by atoms with Gasteiger partial charge in [-0.25, -0.2) is 4.79 Å². The van der Waals surface area contributed by atoms with Crippen LogP contribution in [0.5, 0.6) is 5.75 Å². The summed E-state index contributed by atoms with van der Waals surface area (Å²) in [5, 5.41) is 2.76. The molecule has 2 atom stereocenters. The second kappa shape index (κ2) is 8.65. The molecule has 2 amide bonds. The molecule has 2 unspecified atom stereocenters. The van der Waals surface area contributed by atoms with Crippen LogP contribution in [-0.2, 0) is 19.1 Å². The first-order chi connectivity index (χ1) is 15.9. The van der Waals surface area contributed by atoms with E-state index in [4.69, 9.17) is 9.47 Å². The molecule has 178 valence electrons. The molecule has 33 heavy (non-hydrogen) atoms. The summed E-state index contributed by atoms with van der Waals surface area (Å²) in [7, 11) is 1.56. The fourth-order valence-electron chi connectivity index (χ4n) is 7.18. The second-order valence-corrected chi connectivity index (χ2v) is 10.7. The van der Waals surface area contributed by atoms with E-state index >= 15 is 0 Å². The van der Waals surface area contributed by atoms with Crippen molar-refractivity contribution in [1.82, 2.24) is 4.90 Å². The number of carbonyl (C=O) groups is 3. The molecule has 1 saturated heterocycles. The Morgan fingerprint density at radius 3 is 2.39 bits per heavy atom. The molecule has 1 aromatic carbocycles. The van der Waals surface area contributed by atoms with Crippen molar-refractivity contribution in [2.24, 2.45) is 23.2 Å². The molecule has 1 N–H and O–H groups in total. The van der Waals surface area contributed by atoms with Crippen LogP contribution in [0.3, 0.4) is 0 Å². The summed E-state index contributed by atoms with van der Waals surface area (Å²) in [6.07, 6.45) is 7.21. The highest BCUT2D eigenvalue weighted by Crippen LogP contribution is 2.60. The quantitative estimate of drug-likeness (QED) is 0.662. The first kappa shape index (κ1) is 22.2. The lowest BCUT2D eigenvalue weighted by molar-refractivity contribution is -0.168. The molecular formula is C26H34N2O5. The number of likely N-dealkylation sites (tertiary alicyclic amines) is 1. The fourth-order valence-corrected chi connectivity index (χ4v) is 7.18. The summed E-state index contributed by atoms with van der Waals surface area (Å²) in [5.74, 6) is 1.93. The van der Waals surface area contributed by atoms with Crippen LogP contribution in [0.4, 0.5) is 5.69 Å². The van der Waals surface area contributed by atoms with E-state index in [1.807, 2.05) is 0 Å². The van der Waals surface area contributed by atoms with Gasteiger partial charge in [-0.05, 0) is 88.2 Å². The van der Waals surface area contributed by atoms with Crippen molar-refractivity contribution < 1.29 is 23.9 Å². The summed E-state index contributed by atoms with van der Waals surface area (Å²) in [6, 6.07) is 6.43. The lowest BCUT2D eigenvalue weighted by Gasteiger charge is -2.56. The molecule has 7 nitrogen and oxygen atoms in total. The molecule has 1 heterocycles. The number of esters is 1. The third kappa shape index (κ3) is 4.22. The van der Waals surface area contributed by atoms with E-state index in [1.54, 1.807) is 43.2 Å². The molecular weight excluding hydrogens is 420 g/mol. The molecule has 7 heteroatoms. The zero-order valence-electron chi connectivity index (χ0n) is 19.5. The maximum atomic E-state index is 13.8. The van der Waals surface area contributed by atoms with Crippen LogP contribution >= 0.6 is 0 Å². The van der Waals surface area contributed by atoms with Gasteiger partial charge in [-0.3, -0.25) is 9.59 Å². The highest BCUT2D eigenvalue weighted by molar-refractivity contribution is 5.96. The van der Waals surface area contributed by atoms with Gasteiger partial charge in [0.1, 0.15) is 11.8 Å². The van der Waals surface area contributed by atoms with Crippen molar-refractivity contribution in [1.29, 1.82) is 0 Å². The van der Waals surface area contributed by atoms with Gasteiger partial charge in [0.05, 0.1) is 12.5 Å². The highest BCUT2D eigenvalue weighted by atomic mass is 16.5. The molecule has 6 rings (SSSR count). The molecule has 4 aliphatic carbocycles. The standard InChI is InChI=1S/C26H34N2O5/c1-16(23(29)27-20-5-3-6-21(12-20)32-2)33-24(30)22-7-4-8-28(22)25(31)26-13-17-9-18(14-26)11-19(10-17)15-26/h3,5-6,12,16-19,22H,4,7-11,13-15H2,1-2H3,(H,27,29). The van der Waals surface area contributed by atoms with E-state index in [0.717, 1.165) is 25.7 Å². The lowest BCUT2D eigenvalue weighted by atomic mass is 9.49. The Hall–Kier alpha value is -2.57. The van der Waals surface area contributed by atoms with Crippen LogP contribution in [0.25, 0.3) is 0 Å². The monoisotopic (exact) mass is 454 g/mol. The molecule has 0 spiro atoms. The summed E-state index contributed by atoms with van der Waals surface area (Å²) < 4.78 is 10.7. The Bertz CT molecular complexity index is 909. The van der Waals surface area contributed by atoms with Crippen molar-refractivity contribution in [2.75, 3.05) is 19.0 Å². The van der Waals surface area contributed by atoms with E-state index in [1.165, 1.54) is 19.3 Å². The number of ether oxygens (including phenoxy) is 2. The van der Waals surface area contributed by atoms with Gasteiger partial charge in [0.2, 0.25) is 5.91 Å². The Balaban J connectivity index is 1.22. The summed E-state index contributed by atoms with van der Waals surface area (Å²) in [5.41, 5.74) is 0.300. The van der Waals surface area contributed by atoms with Crippen molar-refractivity contribution in [3.05, 3.63) is 24.3 Å². The number of anilines is 1. The van der Waals surface area contributed by atoms with Crippen molar-refractivity contribution in [2.45, 2.75) is 70.4 Å². The molecule has 0 radical (unpaired) electrons. The molecule has 0 aromatic heterocycles. The van der Waals surface area contributed by atoms with Gasteiger partial charge in [0, 0.05) is 18.3 Å². The Kier molecular flexibility index (Phi) is 5.83. The number of amides is 2. The number of methoxy groups -OCH3 is 1. The minimum Gasteiger partial charge on any atom is -0.497 e. The molecule has 1 aliphatic heterocycles. The normalized spacial score (nSPS) is 33.0. The summed E-state index contributed by atoms with van der Waals surface area (Å²) in [6.45, 7) is 2.17. The van der Waals surface area contributed by atoms with Crippen LogP contribution in [-0.4, -0.2) is 48.5 Å². The number of nitrogens with zero attached hydrogens (tertiary/aromatic N) is 1. The molecule has 5 fully saturated rings. The van der Waals surface area contributed by atoms with Crippen molar-refractivity contribution >= 4 is 23.5 Å². The lowest BCUT2D eigenvalue weighted by Crippen LogP contribution is -2.56. The van der Waals surface area contributed by atoms with Crippen LogP contribution in [0.15, 0.2) is 24.3 Å². The van der Waals surface area contributed by atoms with Gasteiger partial charge < -0.3 is 19.7 Å². The third-order valence-corrected chi connectivity index (χ3v) is 8.28. The maximum Gasteiger partial charge on any atom is 0.329 e. The van der Waals surface area contributed by atoms with E-state index in [2.05, 4.69) is 5.32 Å². The van der Waals surface area contributed by atoms with Crippen molar-refractivity contribution in [3.63, 3.8) is 0 Å². The maximum absolute atomic E-state index is 13.8. The number of hydrogen-bond donors (Lipinski definition) is 1. The van der Waals surface area contributed by atoms with E-state index in [0.29, 0.717) is 42.2 Å². The van der Waals surface area contributed by atoms with Crippen LogP contribution in [0.2, 0.25) is 0 Å². The van der Waals surface area contributed by atoms with Gasteiger partial charge >= 0.3 is 5.97 Å². The minimum absolute atomic E-state index is 0.162. The first-order valence-electron chi connectivity index (χ1n) is 12.3. The van der Waals surface area contributed by atoms with Gasteiger partial charge in [0.15, 0.2) is 6.10 Å². The number of hydrogen-bond acceptors (Lipinski definition) is 5. The number of carbonyl (C=O) groups excluding carboxylic acids is 3. The largest absolute Gasteiger partial charge is 0.497 e. The number of rotatable bonds is 6. The zero-order chi connectivity index (χ0) is 23.2. The molecule has 5 aliphatic rings. The Labute approximate surface area is 195 Å². The van der Waals surface area contributed by atoms with Gasteiger partial charge in [-0.15, -0.1) is 0 Å². The van der Waals surface area contributed by atoms with E-state index < -0.39 is 24.0 Å². The summed E-state index contributed by atoms with van der Waals surface area (Å²) >= 11 is 0. The second-order valence-electron chi connectivity index (χ2n) is 10.7. The van der Waals surface area contributed by atoms with Crippen LogP contribution < -0.4 is 10.1 Å². The predicted molar refractivity (Wildman–Crippen MR) is 123 cm³/mol. The van der Waals surface area contributed by atoms with Crippen LogP contribution in [0.1, 0.15) is 58.3 Å². The molecule has 4 saturated carbocycles. The molecule has 4 bridgehead atoms. The Morgan fingerprint density at radius 2 is 1.76 bits per heavy atom. The average molecular weight is 455 g/mol. The summed E-state index contributed by atoms with van der Waals surface area (Å²) in [4.78, 5) is 41.2. The van der Waals surface area contributed by atoms with Gasteiger partial charge in [0.25, 0.3) is 5.91 Å². The minimum atomic E-state index is -0.958. The first-order valence-corrected chi connectivity index (χ1v) is 12.3. The number of nitrogens with one attached hydrogen (secondary N) is 1. The van der Waals surface area contributed by atoms with Crippen LogP contribution in [0, 0.1) is 23.2 Å². The zero-order valence-corrected chi connectivity index (χ0v) is 19.5. The van der Waals surface area contributed by atoms with Gasteiger partial charge in [-0.2, -0.15) is 0 Å². The highest BCUT2D eigenvalue weighted by Gasteiger charge is 2.57. The topological polar surface area (TPSA) is 84.9 Å². The smallest absolute Gasteiger partial charge is 0.329 e. The SMILES string of the molecule is COc1cccc(NC(=O)C(C)OC(=O)C2CCCN2C(=O)C23CC4CC(CC(C4)C2)C3)c1. The average Bonchev–Trinajstić information content (AvgIpc) is 3.27. The van der Waals surface area contributed by atoms with E-state index in [-0.39, 0.29) is 11.3 Å². The number of benzene rings is 1. The van der Waals surface area contributed by atoms with Crippen molar-refractivity contribution in [3.8, 4) is 5.75 Å². The predicted octanol–water partition coefficient (Wildman–Crippen LogP) is 3.77. The molecule has 1 aromatic rings. The third-order valence-electron chi connectivity index (χ3n) is 8.28. The Morgan fingerprint density at radius 1 is 1.09 bits per heavy atom.